The van der Waals surface area contributed by atoms with Crippen LogP contribution in [0.5, 0.6) is 5.75 Å². The number of nitrogens with zero attached hydrogens (tertiary/aromatic N) is 1. The maximum atomic E-state index is 6.56. The van der Waals surface area contributed by atoms with Crippen molar-refractivity contribution in [3.63, 3.8) is 0 Å². The molecule has 3 heteroatoms. The highest BCUT2D eigenvalue weighted by Gasteiger charge is 2.33. The minimum Gasteiger partial charge on any atom is -0.488 e. The third kappa shape index (κ3) is 6.09. The van der Waals surface area contributed by atoms with Crippen LogP contribution < -0.4 is 10.0 Å². The molecule has 0 amide bonds. The molecule has 3 rings (SSSR count). The predicted molar refractivity (Wildman–Crippen MR) is 150 cm³/mol. The number of benzene rings is 3. The van der Waals surface area contributed by atoms with E-state index in [1.165, 1.54) is 33.1 Å². The van der Waals surface area contributed by atoms with Gasteiger partial charge in [-0.15, -0.1) is 0 Å². The quantitative estimate of drug-likeness (QED) is 0.248. The molecule has 0 aromatic heterocycles. The number of ether oxygens (including phenoxy) is 1. The predicted octanol–water partition coefficient (Wildman–Crippen LogP) is 7.74. The number of hydrogen-bond donors (Lipinski definition) is 0. The summed E-state index contributed by atoms with van der Waals surface area (Å²) in [6.45, 7) is 17.5. The Morgan fingerprint density at radius 1 is 0.765 bits per heavy atom. The lowest BCUT2D eigenvalue weighted by Crippen LogP contribution is -2.28. The lowest BCUT2D eigenvalue weighted by molar-refractivity contribution is 0.296. The zero-order valence-corrected chi connectivity index (χ0v) is 22.9. The summed E-state index contributed by atoms with van der Waals surface area (Å²) in [5, 5.41) is 1.59. The number of rotatable bonds is 12. The van der Waals surface area contributed by atoms with Gasteiger partial charge < -0.3 is 4.74 Å². The molecule has 3 aromatic carbocycles. The van der Waals surface area contributed by atoms with E-state index in [0.717, 1.165) is 38.2 Å². The lowest BCUT2D eigenvalue weighted by atomic mass is 9.90. The summed E-state index contributed by atoms with van der Waals surface area (Å²) >= 11 is 0. The van der Waals surface area contributed by atoms with Crippen LogP contribution in [0.3, 0.4) is 0 Å². The Morgan fingerprint density at radius 3 is 2.06 bits per heavy atom. The van der Waals surface area contributed by atoms with E-state index in [1.54, 1.807) is 0 Å². The summed E-state index contributed by atoms with van der Waals surface area (Å²) < 4.78 is 6.56. The highest BCUT2D eigenvalue weighted by molar-refractivity contribution is 7.48. The first-order valence-electron chi connectivity index (χ1n) is 12.8. The second-order valence-corrected chi connectivity index (χ2v) is 10.9. The molecule has 0 N–H and O–H groups in total. The van der Waals surface area contributed by atoms with Gasteiger partial charge in [0.25, 0.3) is 0 Å². The molecule has 0 saturated carbocycles. The highest BCUT2D eigenvalue weighted by atomic mass is 31.1. The summed E-state index contributed by atoms with van der Waals surface area (Å²) in [6.07, 6.45) is 2.18. The van der Waals surface area contributed by atoms with Gasteiger partial charge >= 0.3 is 0 Å². The number of aryl methyl sites for hydroxylation is 2. The first kappa shape index (κ1) is 26.5. The molecule has 2 nitrogen and oxygen atoms in total. The third-order valence-corrected chi connectivity index (χ3v) is 9.59. The Balaban J connectivity index is 2.02. The maximum Gasteiger partial charge on any atom is 0.126 e. The van der Waals surface area contributed by atoms with Crippen molar-refractivity contribution in [3.05, 3.63) is 94.5 Å². The summed E-state index contributed by atoms with van der Waals surface area (Å²) in [4.78, 5) is 2.52. The second-order valence-electron chi connectivity index (χ2n) is 9.21. The Bertz CT molecular complexity index is 1040. The van der Waals surface area contributed by atoms with E-state index in [-0.39, 0.29) is 5.16 Å². The van der Waals surface area contributed by atoms with Crippen LogP contribution in [0.25, 0.3) is 0 Å². The molecule has 182 valence electrons. The maximum absolute atomic E-state index is 6.56. The van der Waals surface area contributed by atoms with Crippen molar-refractivity contribution in [2.45, 2.75) is 72.7 Å². The molecule has 1 unspecified atom stereocenters. The molecule has 0 aliphatic rings. The van der Waals surface area contributed by atoms with Crippen molar-refractivity contribution in [1.29, 1.82) is 0 Å². The molecule has 1 atom stereocenters. The van der Waals surface area contributed by atoms with Gasteiger partial charge in [-0.25, -0.2) is 0 Å². The van der Waals surface area contributed by atoms with Crippen molar-refractivity contribution >= 4 is 13.9 Å². The topological polar surface area (TPSA) is 12.5 Å². The van der Waals surface area contributed by atoms with E-state index in [1.807, 2.05) is 0 Å². The van der Waals surface area contributed by atoms with E-state index in [0.29, 0.717) is 15.2 Å². The molecule has 0 spiro atoms. The SMILES string of the molecule is CCN(CC)Cc1cccc(C)c1PC(CC)(CC)c1cccc(C)c1OCc1ccccc1. The van der Waals surface area contributed by atoms with Gasteiger partial charge in [0.15, 0.2) is 0 Å². The lowest BCUT2D eigenvalue weighted by Gasteiger charge is -2.36. The van der Waals surface area contributed by atoms with E-state index >= 15 is 0 Å². The minimum atomic E-state index is 0.0577. The van der Waals surface area contributed by atoms with Crippen LogP contribution >= 0.6 is 8.58 Å². The Kier molecular flexibility index (Phi) is 9.74. The van der Waals surface area contributed by atoms with Gasteiger partial charge in [0, 0.05) is 17.3 Å². The zero-order chi connectivity index (χ0) is 24.6. The van der Waals surface area contributed by atoms with Crippen molar-refractivity contribution in [2.24, 2.45) is 0 Å². The van der Waals surface area contributed by atoms with E-state index < -0.39 is 0 Å². The number of para-hydroxylation sites is 1. The summed E-state index contributed by atoms with van der Waals surface area (Å²) in [7, 11) is 0.700. The van der Waals surface area contributed by atoms with E-state index in [9.17, 15) is 0 Å². The van der Waals surface area contributed by atoms with Gasteiger partial charge in [-0.3, -0.25) is 4.90 Å². The van der Waals surface area contributed by atoms with Gasteiger partial charge in [-0.05, 0) is 67.3 Å². The first-order chi connectivity index (χ1) is 16.5. The molecule has 0 fully saturated rings. The summed E-state index contributed by atoms with van der Waals surface area (Å²) in [6, 6.07) is 24.0. The van der Waals surface area contributed by atoms with Gasteiger partial charge in [0.05, 0.1) is 0 Å². The molecule has 0 saturated heterocycles. The van der Waals surface area contributed by atoms with Crippen LogP contribution in [0.1, 0.15) is 68.4 Å². The Hall–Kier alpha value is -2.15. The normalized spacial score (nSPS) is 12.1. The van der Waals surface area contributed by atoms with Gasteiger partial charge in [-0.1, -0.05) is 103 Å². The first-order valence-corrected chi connectivity index (χ1v) is 13.8. The summed E-state index contributed by atoms with van der Waals surface area (Å²) in [5.74, 6) is 1.07. The fourth-order valence-electron chi connectivity index (χ4n) is 4.79. The summed E-state index contributed by atoms with van der Waals surface area (Å²) in [5.41, 5.74) is 6.68. The fraction of sp³-hybridized carbons (Fsp3) is 0.419. The van der Waals surface area contributed by atoms with Crippen LogP contribution in [0.15, 0.2) is 66.7 Å². The van der Waals surface area contributed by atoms with Crippen LogP contribution in [-0.4, -0.2) is 18.0 Å². The third-order valence-electron chi connectivity index (χ3n) is 7.17. The minimum absolute atomic E-state index is 0.0577. The molecule has 0 heterocycles. The molecule has 0 bridgehead atoms. The highest BCUT2D eigenvalue weighted by Crippen LogP contribution is 2.51. The van der Waals surface area contributed by atoms with Crippen LogP contribution in [0.2, 0.25) is 0 Å². The number of hydrogen-bond acceptors (Lipinski definition) is 2. The zero-order valence-electron chi connectivity index (χ0n) is 21.9. The Morgan fingerprint density at radius 2 is 1.41 bits per heavy atom. The molecule has 0 aliphatic carbocycles. The van der Waals surface area contributed by atoms with Gasteiger partial charge in [0.1, 0.15) is 12.4 Å². The van der Waals surface area contributed by atoms with E-state index in [4.69, 9.17) is 4.74 Å². The standard InChI is InChI=1S/C31H42NOP/c1-7-31(8-2,34-30-25(6)17-14-20-27(30)22-32(9-3)10-4)28-21-15-16-24(5)29(28)33-23-26-18-12-11-13-19-26/h11-21,34H,7-10,22-23H2,1-6H3. The second kappa shape index (κ2) is 12.5. The van der Waals surface area contributed by atoms with Crippen LogP contribution in [-0.2, 0) is 18.3 Å². The van der Waals surface area contributed by atoms with Crippen molar-refractivity contribution < 1.29 is 4.74 Å². The van der Waals surface area contributed by atoms with Crippen molar-refractivity contribution in [1.82, 2.24) is 4.90 Å². The average molecular weight is 476 g/mol. The van der Waals surface area contributed by atoms with Gasteiger partial charge in [0.2, 0.25) is 0 Å². The largest absolute Gasteiger partial charge is 0.488 e. The van der Waals surface area contributed by atoms with E-state index in [2.05, 4.69) is 113 Å². The van der Waals surface area contributed by atoms with Crippen molar-refractivity contribution in [3.8, 4) is 5.75 Å². The molecule has 34 heavy (non-hydrogen) atoms. The van der Waals surface area contributed by atoms with Crippen LogP contribution in [0.4, 0.5) is 0 Å². The smallest absolute Gasteiger partial charge is 0.126 e. The van der Waals surface area contributed by atoms with Gasteiger partial charge in [-0.2, -0.15) is 0 Å². The van der Waals surface area contributed by atoms with Crippen molar-refractivity contribution in [2.75, 3.05) is 13.1 Å². The Labute approximate surface area is 209 Å². The average Bonchev–Trinajstić information content (AvgIpc) is 2.87. The molecular weight excluding hydrogens is 433 g/mol. The molecule has 3 aromatic rings. The molecule has 0 aliphatic heterocycles. The monoisotopic (exact) mass is 475 g/mol. The molecule has 0 radical (unpaired) electrons. The van der Waals surface area contributed by atoms with Crippen LogP contribution in [0, 0.1) is 13.8 Å². The molecular formula is C31H42NOP. The fourth-order valence-corrected chi connectivity index (χ4v) is 6.56.